The number of amides is 2. The minimum absolute atomic E-state index is 0.0181. The number of carbonyl (C=O) groups excluding carboxylic acids is 1. The van der Waals surface area contributed by atoms with Gasteiger partial charge in [0, 0.05) is 32.3 Å². The molecule has 2 fully saturated rings. The number of urea groups is 1. The third-order valence-electron chi connectivity index (χ3n) is 6.93. The van der Waals surface area contributed by atoms with Crippen molar-refractivity contribution in [1.82, 2.24) is 20.0 Å². The lowest BCUT2D eigenvalue weighted by Gasteiger charge is -2.41. The van der Waals surface area contributed by atoms with E-state index >= 15 is 0 Å². The second kappa shape index (κ2) is 10.3. The molecule has 0 spiro atoms. The van der Waals surface area contributed by atoms with Gasteiger partial charge >= 0.3 is 6.03 Å². The SMILES string of the molecule is CCNC(=O)N1CCC[C@H](c2ccn(C)n2)[C@@H]1CO[C@H]1CC[C@@H](c2ccccc2)CC1. The number of benzene rings is 1. The van der Waals surface area contributed by atoms with Crippen LogP contribution in [0.25, 0.3) is 0 Å². The first-order chi connectivity index (χ1) is 15.2. The molecule has 1 saturated heterocycles. The highest BCUT2D eigenvalue weighted by molar-refractivity contribution is 5.74. The van der Waals surface area contributed by atoms with Crippen molar-refractivity contribution in [3.05, 3.63) is 53.9 Å². The average Bonchev–Trinajstić information content (AvgIpc) is 3.24. The fourth-order valence-electron chi connectivity index (χ4n) is 5.27. The van der Waals surface area contributed by atoms with E-state index in [1.165, 1.54) is 18.4 Å². The molecule has 2 aliphatic rings. The molecule has 0 radical (unpaired) electrons. The maximum atomic E-state index is 12.8. The summed E-state index contributed by atoms with van der Waals surface area (Å²) in [5, 5.41) is 7.66. The molecule has 1 aromatic carbocycles. The molecule has 168 valence electrons. The summed E-state index contributed by atoms with van der Waals surface area (Å²) in [7, 11) is 1.95. The van der Waals surface area contributed by atoms with Crippen LogP contribution in [0.5, 0.6) is 0 Å². The lowest BCUT2D eigenvalue weighted by atomic mass is 9.82. The summed E-state index contributed by atoms with van der Waals surface area (Å²) in [5.41, 5.74) is 2.52. The van der Waals surface area contributed by atoms with Crippen LogP contribution in [0.3, 0.4) is 0 Å². The van der Waals surface area contributed by atoms with Crippen LogP contribution in [-0.2, 0) is 11.8 Å². The van der Waals surface area contributed by atoms with Crippen LogP contribution in [0.2, 0.25) is 0 Å². The van der Waals surface area contributed by atoms with Gasteiger partial charge in [-0.25, -0.2) is 4.79 Å². The van der Waals surface area contributed by atoms with E-state index in [9.17, 15) is 4.79 Å². The van der Waals surface area contributed by atoms with Crippen LogP contribution in [0.4, 0.5) is 4.79 Å². The molecule has 2 aromatic rings. The minimum atomic E-state index is 0.0181. The first-order valence-corrected chi connectivity index (χ1v) is 11.9. The number of piperidine rings is 1. The number of hydrogen-bond donors (Lipinski definition) is 1. The molecule has 0 unspecified atom stereocenters. The summed E-state index contributed by atoms with van der Waals surface area (Å²) in [6, 6.07) is 13.0. The number of nitrogens with zero attached hydrogens (tertiary/aromatic N) is 3. The molecule has 2 amide bonds. The number of ether oxygens (including phenoxy) is 1. The fraction of sp³-hybridized carbons (Fsp3) is 0.600. The summed E-state index contributed by atoms with van der Waals surface area (Å²) in [5.74, 6) is 0.863. The molecule has 1 N–H and O–H groups in total. The van der Waals surface area contributed by atoms with Gasteiger partial charge in [0.2, 0.25) is 0 Å². The maximum Gasteiger partial charge on any atom is 0.317 e. The number of aromatic nitrogens is 2. The van der Waals surface area contributed by atoms with E-state index in [1.54, 1.807) is 0 Å². The number of hydrogen-bond acceptors (Lipinski definition) is 3. The van der Waals surface area contributed by atoms with E-state index in [0.29, 0.717) is 19.1 Å². The summed E-state index contributed by atoms with van der Waals surface area (Å²) in [6.07, 6.45) is 8.82. The van der Waals surface area contributed by atoms with Crippen molar-refractivity contribution in [2.24, 2.45) is 7.05 Å². The van der Waals surface area contributed by atoms with Gasteiger partial charge in [0.1, 0.15) is 0 Å². The van der Waals surface area contributed by atoms with Crippen LogP contribution >= 0.6 is 0 Å². The molecule has 1 aromatic heterocycles. The number of carbonyl (C=O) groups is 1. The topological polar surface area (TPSA) is 59.4 Å². The number of aryl methyl sites for hydroxylation is 1. The second-order valence-corrected chi connectivity index (χ2v) is 8.98. The van der Waals surface area contributed by atoms with E-state index < -0.39 is 0 Å². The van der Waals surface area contributed by atoms with E-state index in [1.807, 2.05) is 29.7 Å². The molecule has 2 heterocycles. The second-order valence-electron chi connectivity index (χ2n) is 8.98. The Morgan fingerprint density at radius 1 is 1.13 bits per heavy atom. The largest absolute Gasteiger partial charge is 0.376 e. The van der Waals surface area contributed by atoms with Crippen molar-refractivity contribution in [3.8, 4) is 0 Å². The fourth-order valence-corrected chi connectivity index (χ4v) is 5.27. The highest BCUT2D eigenvalue weighted by atomic mass is 16.5. The van der Waals surface area contributed by atoms with Crippen LogP contribution in [-0.4, -0.2) is 52.6 Å². The Bertz CT molecular complexity index is 829. The summed E-state index contributed by atoms with van der Waals surface area (Å²) in [4.78, 5) is 14.8. The molecule has 0 bridgehead atoms. The van der Waals surface area contributed by atoms with E-state index in [-0.39, 0.29) is 24.1 Å². The van der Waals surface area contributed by atoms with E-state index in [4.69, 9.17) is 4.74 Å². The van der Waals surface area contributed by atoms with Gasteiger partial charge in [-0.2, -0.15) is 5.10 Å². The summed E-state index contributed by atoms with van der Waals surface area (Å²) >= 11 is 0. The molecule has 1 saturated carbocycles. The van der Waals surface area contributed by atoms with Gasteiger partial charge in [0.25, 0.3) is 0 Å². The molecule has 31 heavy (non-hydrogen) atoms. The summed E-state index contributed by atoms with van der Waals surface area (Å²) in [6.45, 7) is 3.97. The average molecular weight is 425 g/mol. The normalized spacial score (nSPS) is 26.6. The van der Waals surface area contributed by atoms with E-state index in [2.05, 4.69) is 46.8 Å². The molecule has 2 atom stereocenters. The minimum Gasteiger partial charge on any atom is -0.376 e. The van der Waals surface area contributed by atoms with Crippen LogP contribution in [0.1, 0.15) is 68.5 Å². The first kappa shape index (κ1) is 21.9. The smallest absolute Gasteiger partial charge is 0.317 e. The van der Waals surface area contributed by atoms with Crippen LogP contribution in [0.15, 0.2) is 42.6 Å². The monoisotopic (exact) mass is 424 g/mol. The molecule has 1 aliphatic carbocycles. The van der Waals surface area contributed by atoms with Gasteiger partial charge in [0.05, 0.1) is 24.4 Å². The molecular weight excluding hydrogens is 388 g/mol. The quantitative estimate of drug-likeness (QED) is 0.746. The molecular formula is C25H36N4O2. The zero-order chi connectivity index (χ0) is 21.6. The third-order valence-corrected chi connectivity index (χ3v) is 6.93. The van der Waals surface area contributed by atoms with Crippen molar-refractivity contribution < 1.29 is 9.53 Å². The lowest BCUT2D eigenvalue weighted by molar-refractivity contribution is -0.0171. The van der Waals surface area contributed by atoms with Crippen molar-refractivity contribution in [1.29, 1.82) is 0 Å². The van der Waals surface area contributed by atoms with Crippen molar-refractivity contribution >= 4 is 6.03 Å². The molecule has 6 nitrogen and oxygen atoms in total. The zero-order valence-electron chi connectivity index (χ0n) is 18.9. The van der Waals surface area contributed by atoms with Crippen molar-refractivity contribution in [3.63, 3.8) is 0 Å². The Labute approximate surface area is 186 Å². The molecule has 4 rings (SSSR count). The number of likely N-dealkylation sites (tertiary alicyclic amines) is 1. The zero-order valence-corrected chi connectivity index (χ0v) is 18.9. The van der Waals surface area contributed by atoms with Crippen molar-refractivity contribution in [2.75, 3.05) is 19.7 Å². The summed E-state index contributed by atoms with van der Waals surface area (Å²) < 4.78 is 8.32. The van der Waals surface area contributed by atoms with Gasteiger partial charge in [-0.1, -0.05) is 30.3 Å². The predicted molar refractivity (Wildman–Crippen MR) is 122 cm³/mol. The Morgan fingerprint density at radius 2 is 1.90 bits per heavy atom. The number of nitrogens with one attached hydrogen (secondary N) is 1. The Morgan fingerprint density at radius 3 is 2.58 bits per heavy atom. The Balaban J connectivity index is 1.39. The Hall–Kier alpha value is -2.34. The number of rotatable bonds is 6. The van der Waals surface area contributed by atoms with Crippen LogP contribution < -0.4 is 5.32 Å². The highest BCUT2D eigenvalue weighted by Crippen LogP contribution is 2.36. The van der Waals surface area contributed by atoms with Gasteiger partial charge in [0.15, 0.2) is 0 Å². The van der Waals surface area contributed by atoms with Gasteiger partial charge in [-0.05, 0) is 63.0 Å². The molecule has 1 aliphatic heterocycles. The standard InChI is InChI=1S/C25H36N4O2/c1-3-26-25(30)29-16-7-10-22(23-15-17-28(2)27-23)24(29)18-31-21-13-11-20(12-14-21)19-8-5-4-6-9-19/h4-6,8-9,15,17,20-22,24H,3,7,10-14,16,18H2,1-2H3,(H,26,30)/t20-,21+,22-,24+/m1/s1. The predicted octanol–water partition coefficient (Wildman–Crippen LogP) is 4.44. The van der Waals surface area contributed by atoms with Crippen LogP contribution in [0, 0.1) is 0 Å². The van der Waals surface area contributed by atoms with Gasteiger partial charge in [-0.15, -0.1) is 0 Å². The first-order valence-electron chi connectivity index (χ1n) is 11.9. The van der Waals surface area contributed by atoms with Gasteiger partial charge in [-0.3, -0.25) is 4.68 Å². The highest BCUT2D eigenvalue weighted by Gasteiger charge is 2.37. The molecule has 6 heteroatoms. The third kappa shape index (κ3) is 5.29. The van der Waals surface area contributed by atoms with Crippen molar-refractivity contribution in [2.45, 2.75) is 69.4 Å². The lowest BCUT2D eigenvalue weighted by Crippen LogP contribution is -2.53. The van der Waals surface area contributed by atoms with E-state index in [0.717, 1.165) is 37.9 Å². The maximum absolute atomic E-state index is 12.8. The Kier molecular flexibility index (Phi) is 7.28. The van der Waals surface area contributed by atoms with Gasteiger partial charge < -0.3 is 15.0 Å².